The highest BCUT2D eigenvalue weighted by Crippen LogP contribution is 2.04. The fraction of sp³-hybridized carbons (Fsp3) is 1.00. The van der Waals surface area contributed by atoms with Gasteiger partial charge in [0.15, 0.2) is 0 Å². The lowest BCUT2D eigenvalue weighted by molar-refractivity contribution is -0.653. The highest BCUT2D eigenvalue weighted by molar-refractivity contribution is 4.06. The van der Waals surface area contributed by atoms with Crippen molar-refractivity contribution in [1.29, 1.82) is 0 Å². The van der Waals surface area contributed by atoms with Crippen LogP contribution < -0.4 is 0 Å². The van der Waals surface area contributed by atoms with Gasteiger partial charge in [-0.05, 0) is 0 Å². The van der Waals surface area contributed by atoms with Gasteiger partial charge in [0.2, 0.25) is 0 Å². The molecule has 48 valence electrons. The molecule has 0 aromatic carbocycles. The van der Waals surface area contributed by atoms with Gasteiger partial charge < -0.3 is 10.2 Å². The van der Waals surface area contributed by atoms with Crippen LogP contribution in [0.5, 0.6) is 0 Å². The lowest BCUT2D eigenvalue weighted by Crippen LogP contribution is -2.31. The van der Waals surface area contributed by atoms with Crippen molar-refractivity contribution >= 4 is 0 Å². The minimum Gasteiger partial charge on any atom is -0.342 e. The third-order valence-corrected chi connectivity index (χ3v) is 0.440. The Balaban J connectivity index is 2.19. The summed E-state index contributed by atoms with van der Waals surface area (Å²) in [6.45, 7) is -3.17. The summed E-state index contributed by atoms with van der Waals surface area (Å²) in [5.74, 6) is 0. The summed E-state index contributed by atoms with van der Waals surface area (Å²) >= 11 is 0. The zero-order chi connectivity index (χ0) is 5.98. The summed E-state index contributed by atoms with van der Waals surface area (Å²) in [6.07, 6.45) is 0. The van der Waals surface area contributed by atoms with Crippen LogP contribution in [0.4, 0.5) is 0 Å². The van der Waals surface area contributed by atoms with Crippen LogP contribution in [0.15, 0.2) is 0 Å². The molecule has 1 aliphatic rings. The molecule has 0 spiro atoms. The average molecular weight is 124 g/mol. The molecule has 0 amide bonds. The molecule has 0 aromatic rings. The molecule has 0 aromatic heterocycles. The van der Waals surface area contributed by atoms with E-state index in [2.05, 4.69) is 19.6 Å². The second kappa shape index (κ2) is 2.35. The van der Waals surface area contributed by atoms with E-state index in [1.54, 1.807) is 0 Å². The minimum absolute atomic E-state index is 1.58. The van der Waals surface area contributed by atoms with Crippen molar-refractivity contribution in [2.24, 2.45) is 0 Å². The Bertz CT molecular complexity index is 54.9. The summed E-state index contributed by atoms with van der Waals surface area (Å²) in [4.78, 5) is 15.4. The topological polar surface area (TPSA) is 77.4 Å². The van der Waals surface area contributed by atoms with E-state index < -0.39 is 13.0 Å². The van der Waals surface area contributed by atoms with E-state index >= 15 is 0 Å². The molecule has 2 N–H and O–H groups in total. The largest absolute Gasteiger partial charge is 0.342 e. The van der Waals surface area contributed by atoms with Crippen molar-refractivity contribution in [3.8, 4) is 0 Å². The predicted molar refractivity (Wildman–Crippen MR) is 16.4 cm³/mol. The fourth-order valence-corrected chi connectivity index (χ4v) is 0.222. The Hall–Kier alpha value is -0.240. The Morgan fingerprint density at radius 1 is 0.750 bits per heavy atom. The van der Waals surface area contributed by atoms with Crippen molar-refractivity contribution < 1.29 is 29.8 Å². The zero-order valence-electron chi connectivity index (χ0n) is 3.68. The van der Waals surface area contributed by atoms with Gasteiger partial charge in [0, 0.05) is 0 Å². The highest BCUT2D eigenvalue weighted by atomic mass is 17.4. The summed E-state index contributed by atoms with van der Waals surface area (Å²) < 4.78 is 0. The van der Waals surface area contributed by atoms with Crippen LogP contribution in [0, 0.1) is 0 Å². The molecule has 6 nitrogen and oxygen atoms in total. The minimum atomic E-state index is -1.58. The number of aliphatic hydroxyl groups excluding tert-OH is 2. The van der Waals surface area contributed by atoms with Gasteiger partial charge in [0.05, 0.1) is 0 Å². The third-order valence-electron chi connectivity index (χ3n) is 0.440. The molecular formula is C2H4O6. The second-order valence-electron chi connectivity index (χ2n) is 0.999. The van der Waals surface area contributed by atoms with Crippen LogP contribution >= 0.6 is 0 Å². The second-order valence-corrected chi connectivity index (χ2v) is 0.999. The molecule has 0 atom stereocenters. The van der Waals surface area contributed by atoms with Crippen LogP contribution in [0.2, 0.25) is 0 Å². The van der Waals surface area contributed by atoms with Crippen LogP contribution in [0.3, 0.4) is 0 Å². The van der Waals surface area contributed by atoms with Gasteiger partial charge in [-0.2, -0.15) is 19.6 Å². The van der Waals surface area contributed by atoms with E-state index in [9.17, 15) is 0 Å². The molecule has 1 aliphatic heterocycles. The molecule has 1 fully saturated rings. The summed E-state index contributed by atoms with van der Waals surface area (Å²) in [7, 11) is 0. The van der Waals surface area contributed by atoms with Gasteiger partial charge in [-0.3, -0.25) is 0 Å². The summed E-state index contributed by atoms with van der Waals surface area (Å²) in [5.41, 5.74) is 0. The van der Waals surface area contributed by atoms with E-state index in [0.717, 1.165) is 0 Å². The van der Waals surface area contributed by atoms with Crippen molar-refractivity contribution in [3.05, 3.63) is 0 Å². The lowest BCUT2D eigenvalue weighted by Gasteiger charge is -2.18. The molecule has 0 radical (unpaired) electrons. The summed E-state index contributed by atoms with van der Waals surface area (Å²) in [6, 6.07) is 0. The van der Waals surface area contributed by atoms with E-state index in [1.807, 2.05) is 0 Å². The molecule has 8 heavy (non-hydrogen) atoms. The Morgan fingerprint density at radius 3 is 1.25 bits per heavy atom. The standard InChI is InChI=1S/C2H4O6/c3-1-5-7-2(4)8-6-1/h1-4H. The van der Waals surface area contributed by atoms with Crippen LogP contribution in [0.1, 0.15) is 0 Å². The van der Waals surface area contributed by atoms with Crippen LogP contribution in [0.25, 0.3) is 0 Å². The summed E-state index contributed by atoms with van der Waals surface area (Å²) in [5, 5.41) is 16.4. The fourth-order valence-electron chi connectivity index (χ4n) is 0.222. The van der Waals surface area contributed by atoms with Gasteiger partial charge in [-0.25, -0.2) is 0 Å². The van der Waals surface area contributed by atoms with Crippen molar-refractivity contribution in [2.75, 3.05) is 0 Å². The molecule has 0 bridgehead atoms. The SMILES string of the molecule is OC1OOC(O)OO1. The van der Waals surface area contributed by atoms with Crippen molar-refractivity contribution in [3.63, 3.8) is 0 Å². The first-order valence-electron chi connectivity index (χ1n) is 1.79. The maximum absolute atomic E-state index is 8.22. The maximum atomic E-state index is 8.22. The first-order chi connectivity index (χ1) is 3.79. The lowest BCUT2D eigenvalue weighted by atomic mass is 11.3. The predicted octanol–water partition coefficient (Wildman–Crippen LogP) is -1.55. The van der Waals surface area contributed by atoms with E-state index in [-0.39, 0.29) is 0 Å². The van der Waals surface area contributed by atoms with Gasteiger partial charge in [0.25, 0.3) is 0 Å². The first-order valence-corrected chi connectivity index (χ1v) is 1.79. The molecule has 0 saturated carbocycles. The third kappa shape index (κ3) is 1.37. The Labute approximate surface area is 44.0 Å². The molecule has 1 saturated heterocycles. The molecule has 0 unspecified atom stereocenters. The zero-order valence-corrected chi connectivity index (χ0v) is 3.68. The number of rotatable bonds is 0. The highest BCUT2D eigenvalue weighted by Gasteiger charge is 2.20. The van der Waals surface area contributed by atoms with Crippen LogP contribution in [-0.2, 0) is 19.6 Å². The van der Waals surface area contributed by atoms with E-state index in [0.29, 0.717) is 0 Å². The quantitative estimate of drug-likeness (QED) is 0.380. The molecular weight excluding hydrogens is 120 g/mol. The Morgan fingerprint density at radius 2 is 1.00 bits per heavy atom. The molecule has 6 heteroatoms. The first kappa shape index (κ1) is 5.89. The average Bonchev–Trinajstić information content (AvgIpc) is 1.77. The normalized spacial score (nSPS) is 39.8. The van der Waals surface area contributed by atoms with Gasteiger partial charge in [-0.15, -0.1) is 0 Å². The molecule has 1 heterocycles. The van der Waals surface area contributed by atoms with E-state index in [1.165, 1.54) is 0 Å². The van der Waals surface area contributed by atoms with Gasteiger partial charge >= 0.3 is 13.0 Å². The number of hydrogen-bond acceptors (Lipinski definition) is 6. The molecule has 1 rings (SSSR count). The maximum Gasteiger partial charge on any atom is 0.327 e. The van der Waals surface area contributed by atoms with Crippen molar-refractivity contribution in [1.82, 2.24) is 0 Å². The number of aliphatic hydroxyl groups is 2. The molecule has 0 aliphatic carbocycles. The van der Waals surface area contributed by atoms with Gasteiger partial charge in [0.1, 0.15) is 0 Å². The van der Waals surface area contributed by atoms with Gasteiger partial charge in [-0.1, -0.05) is 0 Å². The Kier molecular flexibility index (Phi) is 1.73. The van der Waals surface area contributed by atoms with Crippen LogP contribution in [-0.4, -0.2) is 23.2 Å². The van der Waals surface area contributed by atoms with Crippen molar-refractivity contribution in [2.45, 2.75) is 13.0 Å². The number of hydrogen-bond donors (Lipinski definition) is 2. The van der Waals surface area contributed by atoms with E-state index in [4.69, 9.17) is 10.2 Å². The monoisotopic (exact) mass is 124 g/mol. The smallest absolute Gasteiger partial charge is 0.327 e.